The Balaban J connectivity index is 1.55. The van der Waals surface area contributed by atoms with Crippen LogP contribution in [-0.4, -0.2) is 21.5 Å². The molecule has 2 heterocycles. The zero-order valence-corrected chi connectivity index (χ0v) is 15.2. The minimum Gasteiger partial charge on any atom is -0.348 e. The Bertz CT molecular complexity index is 1020. The molecule has 0 saturated carbocycles. The molecule has 1 N–H and O–H groups in total. The molecule has 0 aliphatic heterocycles. The number of hydrogen-bond acceptors (Lipinski definition) is 3. The number of carbonyl (C=O) groups is 1. The van der Waals surface area contributed by atoms with Crippen LogP contribution < -0.4 is 10.9 Å². The predicted octanol–water partition coefficient (Wildman–Crippen LogP) is 2.50. The number of benzene rings is 1. The second-order valence-electron chi connectivity index (χ2n) is 7.02. The fraction of sp³-hybridized carbons (Fsp3) is 0.227. The molecular weight excluding hydrogens is 338 g/mol. The van der Waals surface area contributed by atoms with Gasteiger partial charge in [0.05, 0.1) is 6.54 Å². The van der Waals surface area contributed by atoms with Gasteiger partial charge < -0.3 is 9.88 Å². The van der Waals surface area contributed by atoms with Gasteiger partial charge in [-0.25, -0.2) is 0 Å². The summed E-state index contributed by atoms with van der Waals surface area (Å²) in [6.45, 7) is 2.19. The van der Waals surface area contributed by atoms with Crippen molar-refractivity contribution in [3.05, 3.63) is 99.2 Å². The fourth-order valence-corrected chi connectivity index (χ4v) is 3.67. The molecule has 0 unspecified atom stereocenters. The number of carbonyl (C=O) groups excluding carboxylic acids is 1. The van der Waals surface area contributed by atoms with Crippen LogP contribution in [0.15, 0.2) is 65.8 Å². The predicted molar refractivity (Wildman–Crippen MR) is 104 cm³/mol. The van der Waals surface area contributed by atoms with Crippen LogP contribution >= 0.6 is 0 Å². The van der Waals surface area contributed by atoms with Gasteiger partial charge in [-0.2, -0.15) is 0 Å². The SMILES string of the molecule is Cc1ccn(Cc2cccnc2)c(=O)c1C(=O)NC1Cc2ccccc2C1. The first kappa shape index (κ1) is 17.2. The molecule has 0 radical (unpaired) electrons. The number of rotatable bonds is 4. The number of pyridine rings is 2. The maximum atomic E-state index is 12.9. The summed E-state index contributed by atoms with van der Waals surface area (Å²) in [5, 5.41) is 3.05. The van der Waals surface area contributed by atoms with E-state index < -0.39 is 0 Å². The van der Waals surface area contributed by atoms with Crippen LogP contribution in [0.4, 0.5) is 0 Å². The number of nitrogens with one attached hydrogen (secondary N) is 1. The summed E-state index contributed by atoms with van der Waals surface area (Å²) >= 11 is 0. The molecule has 1 aliphatic carbocycles. The number of hydrogen-bond donors (Lipinski definition) is 1. The Labute approximate surface area is 157 Å². The average Bonchev–Trinajstić information content (AvgIpc) is 3.07. The maximum absolute atomic E-state index is 12.9. The minimum atomic E-state index is -0.296. The standard InChI is InChI=1S/C22H21N3O2/c1-15-8-10-25(14-16-5-4-9-23-13-16)22(27)20(15)21(26)24-19-11-17-6-2-3-7-18(17)12-19/h2-10,13,19H,11-12,14H2,1H3,(H,24,26). The average molecular weight is 359 g/mol. The smallest absolute Gasteiger partial charge is 0.263 e. The van der Waals surface area contributed by atoms with Crippen LogP contribution in [0.1, 0.15) is 32.6 Å². The van der Waals surface area contributed by atoms with Crippen molar-refractivity contribution in [2.24, 2.45) is 0 Å². The molecule has 5 nitrogen and oxygen atoms in total. The molecule has 0 atom stereocenters. The van der Waals surface area contributed by atoms with Gasteiger partial charge in [-0.3, -0.25) is 14.6 Å². The van der Waals surface area contributed by atoms with Gasteiger partial charge in [0.1, 0.15) is 5.56 Å². The van der Waals surface area contributed by atoms with Gasteiger partial charge >= 0.3 is 0 Å². The Hall–Kier alpha value is -3.21. The Morgan fingerprint density at radius 3 is 2.56 bits per heavy atom. The van der Waals surface area contributed by atoms with Crippen LogP contribution in [0.2, 0.25) is 0 Å². The molecule has 136 valence electrons. The van der Waals surface area contributed by atoms with E-state index in [9.17, 15) is 9.59 Å². The molecular formula is C22H21N3O2. The van der Waals surface area contributed by atoms with E-state index in [0.717, 1.165) is 18.4 Å². The zero-order valence-electron chi connectivity index (χ0n) is 15.2. The van der Waals surface area contributed by atoms with E-state index in [1.54, 1.807) is 30.1 Å². The van der Waals surface area contributed by atoms with Crippen molar-refractivity contribution in [3.63, 3.8) is 0 Å². The third kappa shape index (κ3) is 3.53. The number of aromatic nitrogens is 2. The Morgan fingerprint density at radius 2 is 1.89 bits per heavy atom. The highest BCUT2D eigenvalue weighted by Gasteiger charge is 2.25. The van der Waals surface area contributed by atoms with E-state index in [2.05, 4.69) is 22.4 Å². The van der Waals surface area contributed by atoms with Crippen molar-refractivity contribution in [3.8, 4) is 0 Å². The van der Waals surface area contributed by atoms with Crippen molar-refractivity contribution in [1.82, 2.24) is 14.9 Å². The first-order valence-corrected chi connectivity index (χ1v) is 9.08. The molecule has 1 aromatic carbocycles. The minimum absolute atomic E-state index is 0.0284. The van der Waals surface area contributed by atoms with Crippen LogP contribution in [0.3, 0.4) is 0 Å². The fourth-order valence-electron chi connectivity index (χ4n) is 3.67. The number of aryl methyl sites for hydroxylation is 1. The Kier molecular flexibility index (Phi) is 4.59. The monoisotopic (exact) mass is 359 g/mol. The summed E-state index contributed by atoms with van der Waals surface area (Å²) in [5.74, 6) is -0.296. The quantitative estimate of drug-likeness (QED) is 0.778. The van der Waals surface area contributed by atoms with Crippen LogP contribution in [-0.2, 0) is 19.4 Å². The molecule has 0 spiro atoms. The highest BCUT2D eigenvalue weighted by Crippen LogP contribution is 2.21. The third-order valence-corrected chi connectivity index (χ3v) is 5.06. The van der Waals surface area contributed by atoms with Crippen molar-refractivity contribution >= 4 is 5.91 Å². The maximum Gasteiger partial charge on any atom is 0.263 e. The van der Waals surface area contributed by atoms with Crippen LogP contribution in [0.5, 0.6) is 0 Å². The number of fused-ring (bicyclic) bond motifs is 1. The highest BCUT2D eigenvalue weighted by molar-refractivity contribution is 5.95. The molecule has 4 rings (SSSR count). The molecule has 27 heavy (non-hydrogen) atoms. The van der Waals surface area contributed by atoms with E-state index in [0.29, 0.717) is 12.1 Å². The lowest BCUT2D eigenvalue weighted by Gasteiger charge is -2.14. The van der Waals surface area contributed by atoms with Crippen molar-refractivity contribution in [1.29, 1.82) is 0 Å². The zero-order chi connectivity index (χ0) is 18.8. The number of nitrogens with zero attached hydrogens (tertiary/aromatic N) is 2. The van der Waals surface area contributed by atoms with E-state index in [4.69, 9.17) is 0 Å². The molecule has 1 amide bonds. The molecule has 3 aromatic rings. The van der Waals surface area contributed by atoms with E-state index >= 15 is 0 Å². The van der Waals surface area contributed by atoms with Crippen molar-refractivity contribution < 1.29 is 4.79 Å². The largest absolute Gasteiger partial charge is 0.348 e. The van der Waals surface area contributed by atoms with E-state index in [-0.39, 0.29) is 23.1 Å². The molecule has 5 heteroatoms. The lowest BCUT2D eigenvalue weighted by molar-refractivity contribution is 0.0936. The van der Waals surface area contributed by atoms with Gasteiger partial charge in [-0.05, 0) is 54.2 Å². The highest BCUT2D eigenvalue weighted by atomic mass is 16.2. The molecule has 0 saturated heterocycles. The number of amides is 1. The van der Waals surface area contributed by atoms with Crippen LogP contribution in [0.25, 0.3) is 0 Å². The third-order valence-electron chi connectivity index (χ3n) is 5.06. The molecule has 0 fully saturated rings. The summed E-state index contributed by atoms with van der Waals surface area (Å²) in [6, 6.07) is 13.8. The summed E-state index contributed by atoms with van der Waals surface area (Å²) in [6.07, 6.45) is 6.75. The summed E-state index contributed by atoms with van der Waals surface area (Å²) in [4.78, 5) is 29.8. The van der Waals surface area contributed by atoms with Gasteiger partial charge in [-0.15, -0.1) is 0 Å². The normalized spacial score (nSPS) is 13.4. The molecule has 2 aromatic heterocycles. The topological polar surface area (TPSA) is 64.0 Å². The van der Waals surface area contributed by atoms with Gasteiger partial charge in [0, 0.05) is 24.6 Å². The van der Waals surface area contributed by atoms with Gasteiger partial charge in [0.2, 0.25) is 0 Å². The van der Waals surface area contributed by atoms with Gasteiger partial charge in [-0.1, -0.05) is 30.3 Å². The summed E-state index contributed by atoms with van der Waals surface area (Å²) in [5.41, 5.74) is 4.09. The summed E-state index contributed by atoms with van der Waals surface area (Å²) < 4.78 is 1.56. The van der Waals surface area contributed by atoms with E-state index in [1.165, 1.54) is 11.1 Å². The molecule has 1 aliphatic rings. The second-order valence-corrected chi connectivity index (χ2v) is 7.02. The molecule has 0 bridgehead atoms. The van der Waals surface area contributed by atoms with E-state index in [1.807, 2.05) is 30.3 Å². The van der Waals surface area contributed by atoms with Crippen LogP contribution in [0, 0.1) is 6.92 Å². The Morgan fingerprint density at radius 1 is 1.15 bits per heavy atom. The summed E-state index contributed by atoms with van der Waals surface area (Å²) in [7, 11) is 0. The second kappa shape index (κ2) is 7.19. The van der Waals surface area contributed by atoms with Crippen molar-refractivity contribution in [2.75, 3.05) is 0 Å². The first-order chi connectivity index (χ1) is 13.1. The van der Waals surface area contributed by atoms with Crippen molar-refractivity contribution in [2.45, 2.75) is 32.4 Å². The van der Waals surface area contributed by atoms with Gasteiger partial charge in [0.15, 0.2) is 0 Å². The first-order valence-electron chi connectivity index (χ1n) is 9.08. The van der Waals surface area contributed by atoms with Gasteiger partial charge in [0.25, 0.3) is 11.5 Å². The lowest BCUT2D eigenvalue weighted by atomic mass is 10.1. The lowest BCUT2D eigenvalue weighted by Crippen LogP contribution is -2.40.